The van der Waals surface area contributed by atoms with E-state index in [2.05, 4.69) is 17.4 Å². The number of amides is 3. The van der Waals surface area contributed by atoms with E-state index in [1.807, 2.05) is 60.7 Å². The topological polar surface area (TPSA) is 66.5 Å². The lowest BCUT2D eigenvalue weighted by Gasteiger charge is -2.28. The third-order valence-corrected chi connectivity index (χ3v) is 7.70. The van der Waals surface area contributed by atoms with Gasteiger partial charge in [-0.25, -0.2) is 0 Å². The highest BCUT2D eigenvalue weighted by Crippen LogP contribution is 2.61. The summed E-state index contributed by atoms with van der Waals surface area (Å²) >= 11 is 0. The predicted octanol–water partition coefficient (Wildman–Crippen LogP) is 4.20. The molecule has 0 radical (unpaired) electrons. The van der Waals surface area contributed by atoms with Crippen LogP contribution >= 0.6 is 0 Å². The number of carbonyl (C=O) groups is 3. The van der Waals surface area contributed by atoms with Crippen molar-refractivity contribution in [2.45, 2.75) is 18.8 Å². The van der Waals surface area contributed by atoms with Gasteiger partial charge in [0.2, 0.25) is 17.7 Å². The second-order valence-electron chi connectivity index (χ2n) is 9.30. The van der Waals surface area contributed by atoms with Gasteiger partial charge in [-0.05, 0) is 47.6 Å². The summed E-state index contributed by atoms with van der Waals surface area (Å²) in [4.78, 5) is 40.5. The maximum atomic E-state index is 13.3. The fourth-order valence-corrected chi connectivity index (χ4v) is 6.43. The average Bonchev–Trinajstić information content (AvgIpc) is 3.48. The van der Waals surface area contributed by atoms with Crippen molar-refractivity contribution in [3.63, 3.8) is 0 Å². The summed E-state index contributed by atoms with van der Waals surface area (Å²) in [5.74, 6) is -0.450. The van der Waals surface area contributed by atoms with Crippen LogP contribution in [0.25, 0.3) is 10.8 Å². The van der Waals surface area contributed by atoms with Gasteiger partial charge in [-0.1, -0.05) is 66.7 Å². The first-order chi connectivity index (χ1) is 15.6. The molecule has 2 aliphatic carbocycles. The zero-order valence-corrected chi connectivity index (χ0v) is 17.6. The molecule has 3 aromatic carbocycles. The van der Waals surface area contributed by atoms with Crippen molar-refractivity contribution in [2.75, 3.05) is 11.9 Å². The minimum absolute atomic E-state index is 0.160. The van der Waals surface area contributed by atoms with Crippen LogP contribution < -0.4 is 5.32 Å². The van der Waals surface area contributed by atoms with Crippen LogP contribution in [0.15, 0.2) is 72.8 Å². The Labute approximate surface area is 186 Å². The number of carbonyl (C=O) groups excluding carboxylic acids is 3. The minimum atomic E-state index is -0.338. The second-order valence-corrected chi connectivity index (χ2v) is 9.30. The molecule has 5 nitrogen and oxygen atoms in total. The molecule has 6 rings (SSSR count). The molecule has 3 aliphatic rings. The Morgan fingerprint density at radius 3 is 2.41 bits per heavy atom. The summed E-state index contributed by atoms with van der Waals surface area (Å²) in [6.07, 6.45) is 1.88. The summed E-state index contributed by atoms with van der Waals surface area (Å²) in [5, 5.41) is 4.86. The van der Waals surface area contributed by atoms with E-state index in [4.69, 9.17) is 0 Å². The third-order valence-electron chi connectivity index (χ3n) is 7.70. The molecule has 1 heterocycles. The van der Waals surface area contributed by atoms with Crippen molar-refractivity contribution in [1.29, 1.82) is 0 Å². The molecule has 1 aliphatic heterocycles. The number of fused-ring (bicyclic) bond motifs is 6. The molecular weight excluding hydrogens is 400 g/mol. The first kappa shape index (κ1) is 19.2. The molecule has 32 heavy (non-hydrogen) atoms. The number of benzene rings is 3. The van der Waals surface area contributed by atoms with E-state index in [-0.39, 0.29) is 47.9 Å². The maximum absolute atomic E-state index is 13.3. The van der Waals surface area contributed by atoms with Gasteiger partial charge >= 0.3 is 0 Å². The van der Waals surface area contributed by atoms with Crippen LogP contribution in [-0.2, 0) is 14.4 Å². The zero-order valence-electron chi connectivity index (χ0n) is 17.6. The number of rotatable bonds is 4. The number of nitrogens with zero attached hydrogens (tertiary/aromatic N) is 1. The molecule has 2 bridgehead atoms. The zero-order chi connectivity index (χ0) is 21.8. The Bertz CT molecular complexity index is 1230. The lowest BCUT2D eigenvalue weighted by molar-refractivity contribution is -0.143. The van der Waals surface area contributed by atoms with Gasteiger partial charge in [0.15, 0.2) is 0 Å². The molecule has 3 aromatic rings. The van der Waals surface area contributed by atoms with E-state index < -0.39 is 0 Å². The van der Waals surface area contributed by atoms with Crippen LogP contribution in [0.3, 0.4) is 0 Å². The smallest absolute Gasteiger partial charge is 0.244 e. The van der Waals surface area contributed by atoms with E-state index >= 15 is 0 Å². The van der Waals surface area contributed by atoms with Crippen LogP contribution in [0, 0.1) is 23.7 Å². The summed E-state index contributed by atoms with van der Waals surface area (Å²) in [7, 11) is 0. The van der Waals surface area contributed by atoms with Gasteiger partial charge in [-0.15, -0.1) is 0 Å². The Morgan fingerprint density at radius 2 is 1.56 bits per heavy atom. The normalized spacial score (nSPS) is 28.4. The molecule has 0 spiro atoms. The fraction of sp³-hybridized carbons (Fsp3) is 0.296. The van der Waals surface area contributed by atoms with E-state index in [1.54, 1.807) is 0 Å². The Hall–Kier alpha value is -3.47. The fourth-order valence-electron chi connectivity index (χ4n) is 6.43. The molecule has 0 aromatic heterocycles. The molecule has 0 unspecified atom stereocenters. The average molecular weight is 425 g/mol. The molecule has 1 N–H and O–H groups in total. The maximum Gasteiger partial charge on any atom is 0.244 e. The van der Waals surface area contributed by atoms with Gasteiger partial charge < -0.3 is 5.32 Å². The van der Waals surface area contributed by atoms with Crippen LogP contribution in [0.5, 0.6) is 0 Å². The highest BCUT2D eigenvalue weighted by molar-refractivity contribution is 6.10. The number of nitrogens with one attached hydrogen (secondary N) is 1. The van der Waals surface area contributed by atoms with Crippen molar-refractivity contribution in [3.8, 4) is 0 Å². The molecule has 5 atom stereocenters. The summed E-state index contributed by atoms with van der Waals surface area (Å²) < 4.78 is 0. The quantitative estimate of drug-likeness (QED) is 0.639. The van der Waals surface area contributed by atoms with Gasteiger partial charge in [0.1, 0.15) is 6.54 Å². The van der Waals surface area contributed by atoms with Gasteiger partial charge in [-0.2, -0.15) is 0 Å². The van der Waals surface area contributed by atoms with Crippen molar-refractivity contribution >= 4 is 34.2 Å². The van der Waals surface area contributed by atoms with Crippen LogP contribution in [-0.4, -0.2) is 29.2 Å². The molecule has 3 fully saturated rings. The van der Waals surface area contributed by atoms with Gasteiger partial charge in [0.25, 0.3) is 0 Å². The first-order valence-electron chi connectivity index (χ1n) is 11.3. The van der Waals surface area contributed by atoms with E-state index in [9.17, 15) is 14.4 Å². The van der Waals surface area contributed by atoms with Crippen molar-refractivity contribution in [2.24, 2.45) is 23.7 Å². The molecule has 5 heteroatoms. The predicted molar refractivity (Wildman–Crippen MR) is 122 cm³/mol. The number of hydrogen-bond donors (Lipinski definition) is 1. The summed E-state index contributed by atoms with van der Waals surface area (Å²) in [5.41, 5.74) is 1.95. The van der Waals surface area contributed by atoms with E-state index in [0.717, 1.165) is 23.6 Å². The van der Waals surface area contributed by atoms with E-state index in [1.165, 1.54) is 10.5 Å². The highest BCUT2D eigenvalue weighted by Gasteiger charge is 2.63. The SMILES string of the molecule is O=C(CN1C(=O)[C@@H]2[C@@H]3C[C@@H]([C@H]2C1=O)[C@H](c1ccccc1)C3)Nc1cccc2ccccc12. The van der Waals surface area contributed by atoms with Crippen LogP contribution in [0.2, 0.25) is 0 Å². The number of imide groups is 1. The Kier molecular flexibility index (Phi) is 4.39. The largest absolute Gasteiger partial charge is 0.324 e. The first-order valence-corrected chi connectivity index (χ1v) is 11.3. The van der Waals surface area contributed by atoms with E-state index in [0.29, 0.717) is 11.6 Å². The lowest BCUT2D eigenvalue weighted by Crippen LogP contribution is -2.39. The standard InChI is InChI=1S/C27H24N2O3/c30-23(28-22-12-6-10-16-9-4-5-11-19(16)22)15-29-26(31)24-18-13-20(17-7-2-1-3-8-17)21(14-18)25(24)27(29)32/h1-12,18,20-21,24-25H,13-15H2,(H,28,30)/t18-,20-,21+,24+,25+/m0/s1. The highest BCUT2D eigenvalue weighted by atomic mass is 16.2. The lowest BCUT2D eigenvalue weighted by atomic mass is 9.73. The number of hydrogen-bond acceptors (Lipinski definition) is 3. The molecule has 2 saturated carbocycles. The summed E-state index contributed by atoms with van der Waals surface area (Å²) in [6, 6.07) is 23.8. The molecule has 1 saturated heterocycles. The molecule has 3 amide bonds. The monoisotopic (exact) mass is 424 g/mol. The molecule has 160 valence electrons. The number of anilines is 1. The van der Waals surface area contributed by atoms with Gasteiger partial charge in [-0.3, -0.25) is 19.3 Å². The minimum Gasteiger partial charge on any atom is -0.324 e. The van der Waals surface area contributed by atoms with Crippen molar-refractivity contribution in [1.82, 2.24) is 4.90 Å². The Balaban J connectivity index is 1.20. The number of likely N-dealkylation sites (tertiary alicyclic amines) is 1. The van der Waals surface area contributed by atoms with Gasteiger partial charge in [0, 0.05) is 11.1 Å². The summed E-state index contributed by atoms with van der Waals surface area (Å²) in [6.45, 7) is -0.219. The third kappa shape index (κ3) is 2.88. The van der Waals surface area contributed by atoms with Crippen molar-refractivity contribution in [3.05, 3.63) is 78.4 Å². The van der Waals surface area contributed by atoms with Crippen LogP contribution in [0.1, 0.15) is 24.3 Å². The van der Waals surface area contributed by atoms with Crippen LogP contribution in [0.4, 0.5) is 5.69 Å². The Morgan fingerprint density at radius 1 is 0.844 bits per heavy atom. The van der Waals surface area contributed by atoms with Crippen molar-refractivity contribution < 1.29 is 14.4 Å². The van der Waals surface area contributed by atoms with Gasteiger partial charge in [0.05, 0.1) is 11.8 Å². The molecular formula is C27H24N2O3. The second kappa shape index (κ2) is 7.30.